The van der Waals surface area contributed by atoms with Gasteiger partial charge in [0.05, 0.1) is 22.4 Å². The van der Waals surface area contributed by atoms with E-state index in [-0.39, 0.29) is 54.5 Å². The number of fused-ring (bicyclic) bond motifs is 4. The standard InChI is InChI=1S/C38H33N2O.C16H18N.Ir/c1-23(2)31-21-27(26-12-7-6-8-13-26)22-32(24(3)4)36(31)40-34-17-10-9-16-33(34)39-38(40)30-15-11-14-29-28-19-18-25(5)20-35(28)41-37(29)30;1-12(2)9-15-10-16(17-11-13(15)3)14-7-5-4-6-8-14;/h6-14,16-24H,1-5H3;4-7,10-12H,9H2,1-3H3;/q2*-1;/i5D3;3D3,9D2;. The first-order valence-corrected chi connectivity index (χ1v) is 19.8. The van der Waals surface area contributed by atoms with E-state index in [1.165, 1.54) is 34.5 Å². The Kier molecular flexibility index (Phi) is 9.68. The van der Waals surface area contributed by atoms with Crippen LogP contribution in [0.15, 0.2) is 138 Å². The number of rotatable bonds is 8. The summed E-state index contributed by atoms with van der Waals surface area (Å²) in [7, 11) is 0. The molecule has 3 heterocycles. The van der Waals surface area contributed by atoms with Crippen LogP contribution in [-0.2, 0) is 26.5 Å². The minimum absolute atomic E-state index is 0. The molecule has 9 aromatic rings. The Morgan fingerprint density at radius 2 is 1.47 bits per heavy atom. The van der Waals surface area contributed by atoms with Crippen molar-refractivity contribution < 1.29 is 35.5 Å². The molecule has 59 heavy (non-hydrogen) atoms. The van der Waals surface area contributed by atoms with Crippen molar-refractivity contribution in [3.8, 4) is 39.5 Å². The van der Waals surface area contributed by atoms with Gasteiger partial charge in [-0.25, -0.2) is 0 Å². The fourth-order valence-electron chi connectivity index (χ4n) is 7.53. The van der Waals surface area contributed by atoms with E-state index in [9.17, 15) is 0 Å². The van der Waals surface area contributed by atoms with Crippen LogP contribution in [-0.4, -0.2) is 14.5 Å². The number of aromatic nitrogens is 3. The molecule has 6 aromatic carbocycles. The molecule has 0 aliphatic heterocycles. The second-order valence-corrected chi connectivity index (χ2v) is 15.5. The fourth-order valence-corrected chi connectivity index (χ4v) is 7.53. The first-order valence-electron chi connectivity index (χ1n) is 23.8. The first kappa shape index (κ1) is 32.3. The van der Waals surface area contributed by atoms with E-state index < -0.39 is 20.1 Å². The molecule has 0 aliphatic rings. The summed E-state index contributed by atoms with van der Waals surface area (Å²) in [5.74, 6) is 0.862. The predicted octanol–water partition coefficient (Wildman–Crippen LogP) is 14.7. The Balaban J connectivity index is 0.000000245. The summed E-state index contributed by atoms with van der Waals surface area (Å²) in [5, 5.41) is 1.76. The summed E-state index contributed by atoms with van der Waals surface area (Å²) in [6.07, 6.45) is -0.491. The van der Waals surface area contributed by atoms with Crippen molar-refractivity contribution in [3.05, 3.63) is 174 Å². The number of hydrogen-bond donors (Lipinski definition) is 0. The number of pyridine rings is 1. The van der Waals surface area contributed by atoms with E-state index >= 15 is 0 Å². The molecule has 3 aromatic heterocycles. The van der Waals surface area contributed by atoms with Crippen LogP contribution in [0.3, 0.4) is 0 Å². The van der Waals surface area contributed by atoms with Gasteiger partial charge in [-0.05, 0) is 107 Å². The van der Waals surface area contributed by atoms with Gasteiger partial charge in [-0.3, -0.25) is 4.98 Å². The molecule has 5 heteroatoms. The average molecular weight is 958 g/mol. The summed E-state index contributed by atoms with van der Waals surface area (Å²) in [6.45, 7) is 7.81. The number of nitrogens with zero attached hydrogens (tertiary/aromatic N) is 3. The van der Waals surface area contributed by atoms with E-state index in [2.05, 4.69) is 97.9 Å². The Labute approximate surface area is 374 Å². The number of aryl methyl sites for hydroxylation is 2. The maximum absolute atomic E-state index is 8.28. The largest absolute Gasteiger partial charge is 0.501 e. The number of imidazole rings is 1. The van der Waals surface area contributed by atoms with Gasteiger partial charge >= 0.3 is 0 Å². The van der Waals surface area contributed by atoms with E-state index in [0.29, 0.717) is 22.4 Å². The van der Waals surface area contributed by atoms with Crippen LogP contribution in [0.2, 0.25) is 0 Å². The van der Waals surface area contributed by atoms with E-state index in [0.717, 1.165) is 38.9 Å². The van der Waals surface area contributed by atoms with Crippen LogP contribution in [0, 0.1) is 31.8 Å². The molecule has 0 bridgehead atoms. The monoisotopic (exact) mass is 958 g/mol. The second-order valence-electron chi connectivity index (χ2n) is 15.5. The van der Waals surface area contributed by atoms with Crippen molar-refractivity contribution in [2.24, 2.45) is 5.92 Å². The van der Waals surface area contributed by atoms with Crippen LogP contribution in [0.4, 0.5) is 0 Å². The zero-order chi connectivity index (χ0) is 47.3. The Morgan fingerprint density at radius 3 is 2.17 bits per heavy atom. The van der Waals surface area contributed by atoms with E-state index in [1.54, 1.807) is 32.0 Å². The average Bonchev–Trinajstić information content (AvgIpc) is 3.87. The first-order chi connectivity index (χ1) is 31.3. The van der Waals surface area contributed by atoms with Crippen LogP contribution < -0.4 is 0 Å². The molecular weight excluding hydrogens is 899 g/mol. The maximum Gasteiger partial charge on any atom is 0.121 e. The molecule has 0 fully saturated rings. The summed E-state index contributed by atoms with van der Waals surface area (Å²) in [6, 6.07) is 47.6. The van der Waals surface area contributed by atoms with Gasteiger partial charge in [0.2, 0.25) is 0 Å². The molecule has 0 atom stereocenters. The summed E-state index contributed by atoms with van der Waals surface area (Å²) >= 11 is 0. The zero-order valence-corrected chi connectivity index (χ0v) is 36.4. The zero-order valence-electron chi connectivity index (χ0n) is 42.0. The van der Waals surface area contributed by atoms with Crippen LogP contribution in [0.1, 0.15) is 92.2 Å². The Bertz CT molecular complexity index is 3160. The quantitative estimate of drug-likeness (QED) is 0.143. The number of furan rings is 1. The number of para-hydroxylation sites is 2. The van der Waals surface area contributed by atoms with Crippen molar-refractivity contribution in [1.29, 1.82) is 0 Å². The van der Waals surface area contributed by atoms with Gasteiger partial charge in [0.25, 0.3) is 0 Å². The molecule has 0 saturated heterocycles. The van der Waals surface area contributed by atoms with Crippen LogP contribution in [0.5, 0.6) is 0 Å². The van der Waals surface area contributed by atoms with Gasteiger partial charge in [-0.15, -0.1) is 54.1 Å². The second kappa shape index (κ2) is 17.7. The van der Waals surface area contributed by atoms with Gasteiger partial charge in [0.15, 0.2) is 0 Å². The van der Waals surface area contributed by atoms with Crippen molar-refractivity contribution in [3.63, 3.8) is 0 Å². The summed E-state index contributed by atoms with van der Waals surface area (Å²) in [5.41, 5.74) is 11.4. The molecular formula is C54H51IrN3O-2. The third-order valence-corrected chi connectivity index (χ3v) is 10.3. The smallest absolute Gasteiger partial charge is 0.121 e. The maximum atomic E-state index is 8.28. The summed E-state index contributed by atoms with van der Waals surface area (Å²) in [4.78, 5) is 9.39. The van der Waals surface area contributed by atoms with Crippen molar-refractivity contribution in [2.75, 3.05) is 0 Å². The minimum atomic E-state index is -2.40. The normalized spacial score (nSPS) is 14.1. The molecule has 9 rings (SSSR count). The summed E-state index contributed by atoms with van der Waals surface area (Å²) < 4.78 is 71.9. The molecule has 0 aliphatic carbocycles. The number of benzene rings is 6. The Hall–Kier alpha value is -5.61. The molecule has 0 saturated carbocycles. The number of hydrogen-bond acceptors (Lipinski definition) is 3. The minimum Gasteiger partial charge on any atom is -0.501 e. The van der Waals surface area contributed by atoms with Crippen LogP contribution in [0.25, 0.3) is 72.4 Å². The van der Waals surface area contributed by atoms with Crippen molar-refractivity contribution in [2.45, 2.75) is 73.5 Å². The van der Waals surface area contributed by atoms with Crippen LogP contribution >= 0.6 is 0 Å². The van der Waals surface area contributed by atoms with E-state index in [4.69, 9.17) is 20.4 Å². The SMILES string of the molecule is [2H]C([2H])([2H])c1ccc2c(c1)oc1c(-c3nc4ccccc4n3-c3c(C(C)C)cc(-c4ccccc4)cc3C(C)C)[c-]ccc12.[2H]C([2H])([2H])c1cnc(-c2[c-]cccc2)cc1C([2H])([2H])C(C)C.[Ir]. The van der Waals surface area contributed by atoms with Gasteiger partial charge in [-0.2, -0.15) is 0 Å². The van der Waals surface area contributed by atoms with Gasteiger partial charge in [0, 0.05) is 48.3 Å². The third kappa shape index (κ3) is 8.46. The van der Waals surface area contributed by atoms with Gasteiger partial charge in [-0.1, -0.05) is 119 Å². The molecule has 0 spiro atoms. The third-order valence-electron chi connectivity index (χ3n) is 10.3. The molecule has 0 amide bonds. The molecule has 4 nitrogen and oxygen atoms in total. The Morgan fingerprint density at radius 1 is 0.729 bits per heavy atom. The topological polar surface area (TPSA) is 43.9 Å². The predicted molar refractivity (Wildman–Crippen MR) is 243 cm³/mol. The molecule has 0 N–H and O–H groups in total. The van der Waals surface area contributed by atoms with Gasteiger partial charge in [0.1, 0.15) is 5.58 Å². The van der Waals surface area contributed by atoms with E-state index in [1.807, 2.05) is 54.6 Å². The van der Waals surface area contributed by atoms with Crippen molar-refractivity contribution >= 4 is 33.0 Å². The molecule has 1 radical (unpaired) electrons. The fraction of sp³-hybridized carbons (Fsp3) is 0.222. The van der Waals surface area contributed by atoms with Gasteiger partial charge < -0.3 is 14.0 Å². The van der Waals surface area contributed by atoms with Crippen molar-refractivity contribution in [1.82, 2.24) is 14.5 Å². The molecule has 0 unspecified atom stereocenters. The molecule has 299 valence electrons.